The maximum absolute atomic E-state index is 5.77. The SMILES string of the molecule is NCC1CCCC1Nc1ccccc1I. The van der Waals surface area contributed by atoms with Gasteiger partial charge in [0.25, 0.3) is 0 Å². The molecule has 1 aromatic carbocycles. The molecule has 0 aromatic heterocycles. The van der Waals surface area contributed by atoms with E-state index >= 15 is 0 Å². The molecule has 2 rings (SSSR count). The smallest absolute Gasteiger partial charge is 0.0478 e. The number of hydrogen-bond donors (Lipinski definition) is 2. The first-order valence-corrected chi connectivity index (χ1v) is 6.60. The summed E-state index contributed by atoms with van der Waals surface area (Å²) < 4.78 is 1.29. The highest BCUT2D eigenvalue weighted by Crippen LogP contribution is 2.29. The van der Waals surface area contributed by atoms with E-state index in [0.29, 0.717) is 12.0 Å². The lowest BCUT2D eigenvalue weighted by Gasteiger charge is -2.21. The number of anilines is 1. The molecule has 1 fully saturated rings. The number of para-hydroxylation sites is 1. The van der Waals surface area contributed by atoms with E-state index in [1.165, 1.54) is 28.5 Å². The van der Waals surface area contributed by atoms with E-state index in [9.17, 15) is 0 Å². The first-order chi connectivity index (χ1) is 7.31. The lowest BCUT2D eigenvalue weighted by molar-refractivity contribution is 0.516. The van der Waals surface area contributed by atoms with Crippen molar-refractivity contribution >= 4 is 28.3 Å². The Kier molecular flexibility index (Phi) is 3.86. The zero-order valence-electron chi connectivity index (χ0n) is 8.75. The highest BCUT2D eigenvalue weighted by molar-refractivity contribution is 14.1. The van der Waals surface area contributed by atoms with E-state index in [1.54, 1.807) is 0 Å². The number of benzene rings is 1. The molecule has 0 spiro atoms. The second kappa shape index (κ2) is 5.16. The number of nitrogens with one attached hydrogen (secondary N) is 1. The molecule has 1 aliphatic rings. The van der Waals surface area contributed by atoms with E-state index in [0.717, 1.165) is 6.54 Å². The zero-order chi connectivity index (χ0) is 10.7. The van der Waals surface area contributed by atoms with Gasteiger partial charge in [-0.05, 0) is 60.0 Å². The van der Waals surface area contributed by atoms with Gasteiger partial charge < -0.3 is 11.1 Å². The Morgan fingerprint density at radius 3 is 2.87 bits per heavy atom. The number of halogens is 1. The van der Waals surface area contributed by atoms with Gasteiger partial charge in [0.1, 0.15) is 0 Å². The van der Waals surface area contributed by atoms with Crippen molar-refractivity contribution in [1.29, 1.82) is 0 Å². The van der Waals surface area contributed by atoms with E-state index in [1.807, 2.05) is 0 Å². The van der Waals surface area contributed by atoms with Gasteiger partial charge in [0, 0.05) is 15.3 Å². The molecule has 3 heteroatoms. The third-order valence-electron chi connectivity index (χ3n) is 3.18. The largest absolute Gasteiger partial charge is 0.381 e. The van der Waals surface area contributed by atoms with Crippen molar-refractivity contribution in [3.8, 4) is 0 Å². The quantitative estimate of drug-likeness (QED) is 0.842. The fraction of sp³-hybridized carbons (Fsp3) is 0.500. The molecule has 15 heavy (non-hydrogen) atoms. The van der Waals surface area contributed by atoms with E-state index in [-0.39, 0.29) is 0 Å². The molecule has 3 N–H and O–H groups in total. The van der Waals surface area contributed by atoms with Gasteiger partial charge in [-0.15, -0.1) is 0 Å². The van der Waals surface area contributed by atoms with Gasteiger partial charge >= 0.3 is 0 Å². The van der Waals surface area contributed by atoms with Gasteiger partial charge in [-0.2, -0.15) is 0 Å². The van der Waals surface area contributed by atoms with Crippen molar-refractivity contribution in [1.82, 2.24) is 0 Å². The summed E-state index contributed by atoms with van der Waals surface area (Å²) in [6.07, 6.45) is 3.84. The predicted molar refractivity (Wildman–Crippen MR) is 73.0 cm³/mol. The lowest BCUT2D eigenvalue weighted by Crippen LogP contribution is -2.29. The second-order valence-corrected chi connectivity index (χ2v) is 5.32. The minimum atomic E-state index is 0.575. The summed E-state index contributed by atoms with van der Waals surface area (Å²) in [7, 11) is 0. The normalized spacial score (nSPS) is 25.5. The summed E-state index contributed by atoms with van der Waals surface area (Å²) in [6.45, 7) is 0.807. The molecule has 0 saturated heterocycles. The molecule has 82 valence electrons. The average Bonchev–Trinajstić information content (AvgIpc) is 2.69. The van der Waals surface area contributed by atoms with Gasteiger partial charge in [-0.1, -0.05) is 18.6 Å². The van der Waals surface area contributed by atoms with Crippen LogP contribution >= 0.6 is 22.6 Å². The molecule has 2 nitrogen and oxygen atoms in total. The summed E-state index contributed by atoms with van der Waals surface area (Å²) >= 11 is 2.37. The zero-order valence-corrected chi connectivity index (χ0v) is 10.9. The van der Waals surface area contributed by atoms with Crippen molar-refractivity contribution in [2.45, 2.75) is 25.3 Å². The molecule has 1 aromatic rings. The first-order valence-electron chi connectivity index (χ1n) is 5.52. The Balaban J connectivity index is 2.05. The summed E-state index contributed by atoms with van der Waals surface area (Å²) in [5.74, 6) is 0.654. The third-order valence-corrected chi connectivity index (χ3v) is 4.12. The van der Waals surface area contributed by atoms with Gasteiger partial charge in [0.05, 0.1) is 0 Å². The number of nitrogens with two attached hydrogens (primary N) is 1. The van der Waals surface area contributed by atoms with Crippen molar-refractivity contribution < 1.29 is 0 Å². The van der Waals surface area contributed by atoms with Crippen LogP contribution in [0.25, 0.3) is 0 Å². The van der Waals surface area contributed by atoms with Crippen LogP contribution in [-0.2, 0) is 0 Å². The monoisotopic (exact) mass is 316 g/mol. The molecule has 1 saturated carbocycles. The maximum atomic E-state index is 5.77. The summed E-state index contributed by atoms with van der Waals surface area (Å²) in [5, 5.41) is 3.62. The highest BCUT2D eigenvalue weighted by atomic mass is 127. The Labute approximate surface area is 105 Å². The Hall–Kier alpha value is -0.290. The van der Waals surface area contributed by atoms with Crippen LogP contribution < -0.4 is 11.1 Å². The molecule has 0 heterocycles. The standard InChI is InChI=1S/C12H17IN2/c13-10-5-1-2-6-12(10)15-11-7-3-4-9(11)8-14/h1-2,5-6,9,11,15H,3-4,7-8,14H2. The van der Waals surface area contributed by atoms with Gasteiger partial charge in [0.2, 0.25) is 0 Å². The number of hydrogen-bond acceptors (Lipinski definition) is 2. The second-order valence-electron chi connectivity index (χ2n) is 4.16. The van der Waals surface area contributed by atoms with Crippen LogP contribution in [0, 0.1) is 9.49 Å². The summed E-state index contributed by atoms with van der Waals surface area (Å²) in [6, 6.07) is 9.01. The molecule has 2 atom stereocenters. The van der Waals surface area contributed by atoms with Crippen molar-refractivity contribution in [3.63, 3.8) is 0 Å². The van der Waals surface area contributed by atoms with Gasteiger partial charge in [0.15, 0.2) is 0 Å². The minimum absolute atomic E-state index is 0.575. The summed E-state index contributed by atoms with van der Waals surface area (Å²) in [5.41, 5.74) is 7.03. The number of rotatable bonds is 3. The fourth-order valence-electron chi connectivity index (χ4n) is 2.29. The van der Waals surface area contributed by atoms with E-state index in [2.05, 4.69) is 52.2 Å². The van der Waals surface area contributed by atoms with E-state index < -0.39 is 0 Å². The van der Waals surface area contributed by atoms with Crippen LogP contribution in [-0.4, -0.2) is 12.6 Å². The Morgan fingerprint density at radius 1 is 1.33 bits per heavy atom. The lowest BCUT2D eigenvalue weighted by atomic mass is 10.0. The molecule has 0 bridgehead atoms. The maximum Gasteiger partial charge on any atom is 0.0478 e. The minimum Gasteiger partial charge on any atom is -0.381 e. The van der Waals surface area contributed by atoms with E-state index in [4.69, 9.17) is 5.73 Å². The molecule has 0 amide bonds. The van der Waals surface area contributed by atoms with Crippen LogP contribution in [0.3, 0.4) is 0 Å². The van der Waals surface area contributed by atoms with Crippen molar-refractivity contribution in [2.75, 3.05) is 11.9 Å². The first kappa shape index (κ1) is 11.2. The van der Waals surface area contributed by atoms with Gasteiger partial charge in [-0.25, -0.2) is 0 Å². The molecule has 2 unspecified atom stereocenters. The molecule has 1 aliphatic carbocycles. The average molecular weight is 316 g/mol. The van der Waals surface area contributed by atoms with Crippen molar-refractivity contribution in [3.05, 3.63) is 27.8 Å². The Bertz CT molecular complexity index is 327. The Morgan fingerprint density at radius 2 is 2.13 bits per heavy atom. The fourth-order valence-corrected chi connectivity index (χ4v) is 2.83. The molecular weight excluding hydrogens is 299 g/mol. The van der Waals surface area contributed by atoms with Crippen LogP contribution in [0.1, 0.15) is 19.3 Å². The highest BCUT2D eigenvalue weighted by Gasteiger charge is 2.25. The van der Waals surface area contributed by atoms with Crippen molar-refractivity contribution in [2.24, 2.45) is 11.7 Å². The van der Waals surface area contributed by atoms with Crippen LogP contribution in [0.15, 0.2) is 24.3 Å². The molecule has 0 radical (unpaired) electrons. The van der Waals surface area contributed by atoms with Crippen LogP contribution in [0.2, 0.25) is 0 Å². The summed E-state index contributed by atoms with van der Waals surface area (Å²) in [4.78, 5) is 0. The predicted octanol–water partition coefficient (Wildman–Crippen LogP) is 2.83. The van der Waals surface area contributed by atoms with Crippen LogP contribution in [0.4, 0.5) is 5.69 Å². The molecule has 0 aliphatic heterocycles. The topological polar surface area (TPSA) is 38.0 Å². The third kappa shape index (κ3) is 2.64. The molecular formula is C12H17IN2. The van der Waals surface area contributed by atoms with Gasteiger partial charge in [-0.3, -0.25) is 0 Å². The van der Waals surface area contributed by atoms with Crippen LogP contribution in [0.5, 0.6) is 0 Å².